The minimum Gasteiger partial charge on any atom is -0.229 e. The summed E-state index contributed by atoms with van der Waals surface area (Å²) in [5.41, 5.74) is 0.973. The first-order chi connectivity index (χ1) is 8.72. The molecule has 3 nitrogen and oxygen atoms in total. The summed E-state index contributed by atoms with van der Waals surface area (Å²) in [6, 6.07) is 7.96. The maximum Gasteiger partial charge on any atom is 0.223 e. The Morgan fingerprint density at radius 1 is 1.11 bits per heavy atom. The normalized spacial score (nSPS) is 11.0. The van der Waals surface area contributed by atoms with Crippen LogP contribution in [-0.4, -0.2) is 15.0 Å². The van der Waals surface area contributed by atoms with Gasteiger partial charge in [0.05, 0.1) is 21.4 Å². The third-order valence-electron chi connectivity index (χ3n) is 2.14. The molecule has 18 heavy (non-hydrogen) atoms. The molecule has 0 amide bonds. The molecular formula is C11H5Cl2N3S2. The van der Waals surface area contributed by atoms with E-state index in [0.717, 1.165) is 14.6 Å². The Kier molecular flexibility index (Phi) is 3.39. The van der Waals surface area contributed by atoms with Crippen molar-refractivity contribution < 1.29 is 0 Å². The molecule has 0 atom stereocenters. The van der Waals surface area contributed by atoms with Gasteiger partial charge < -0.3 is 0 Å². The van der Waals surface area contributed by atoms with Gasteiger partial charge in [0.15, 0.2) is 4.34 Å². The number of nitrogens with zero attached hydrogens (tertiary/aromatic N) is 3. The molecule has 3 rings (SSSR count). The predicted molar refractivity (Wildman–Crippen MR) is 75.8 cm³/mol. The van der Waals surface area contributed by atoms with E-state index >= 15 is 0 Å². The largest absolute Gasteiger partial charge is 0.229 e. The van der Waals surface area contributed by atoms with Gasteiger partial charge in [-0.3, -0.25) is 0 Å². The number of halogens is 2. The van der Waals surface area contributed by atoms with Crippen LogP contribution in [0.1, 0.15) is 0 Å². The summed E-state index contributed by atoms with van der Waals surface area (Å²) in [5, 5.41) is 1.28. The van der Waals surface area contributed by atoms with Crippen LogP contribution in [0, 0.1) is 0 Å². The zero-order valence-electron chi connectivity index (χ0n) is 8.80. The van der Waals surface area contributed by atoms with E-state index in [1.807, 2.05) is 24.3 Å². The van der Waals surface area contributed by atoms with Gasteiger partial charge in [-0.2, -0.15) is 0 Å². The smallest absolute Gasteiger partial charge is 0.223 e. The van der Waals surface area contributed by atoms with Crippen molar-refractivity contribution in [3.63, 3.8) is 0 Å². The second kappa shape index (κ2) is 5.01. The number of hydrogen-bond acceptors (Lipinski definition) is 5. The predicted octanol–water partition coefficient (Wildman–Crippen LogP) is 4.54. The lowest BCUT2D eigenvalue weighted by Gasteiger charge is -1.99. The SMILES string of the molecule is Clc1ncc(Cl)c(Sc2nc3ccccc3s2)n1. The molecule has 90 valence electrons. The fourth-order valence-electron chi connectivity index (χ4n) is 1.38. The second-order valence-electron chi connectivity index (χ2n) is 3.34. The van der Waals surface area contributed by atoms with E-state index in [1.165, 1.54) is 18.0 Å². The highest BCUT2D eigenvalue weighted by Gasteiger charge is 2.10. The van der Waals surface area contributed by atoms with E-state index in [0.29, 0.717) is 10.0 Å². The lowest BCUT2D eigenvalue weighted by atomic mass is 10.3. The van der Waals surface area contributed by atoms with Crippen LogP contribution in [0.3, 0.4) is 0 Å². The topological polar surface area (TPSA) is 38.7 Å². The molecule has 0 spiro atoms. The molecule has 0 saturated carbocycles. The molecule has 0 aliphatic carbocycles. The number of para-hydroxylation sites is 1. The van der Waals surface area contributed by atoms with Crippen molar-refractivity contribution in [2.24, 2.45) is 0 Å². The van der Waals surface area contributed by atoms with E-state index in [9.17, 15) is 0 Å². The molecule has 3 aromatic rings. The van der Waals surface area contributed by atoms with Crippen LogP contribution in [0.4, 0.5) is 0 Å². The molecule has 0 bridgehead atoms. The molecule has 0 saturated heterocycles. The average molecular weight is 314 g/mol. The number of fused-ring (bicyclic) bond motifs is 1. The van der Waals surface area contributed by atoms with Crippen LogP contribution >= 0.6 is 46.3 Å². The van der Waals surface area contributed by atoms with Crippen LogP contribution in [0.2, 0.25) is 10.3 Å². The fourth-order valence-corrected chi connectivity index (χ4v) is 3.73. The number of aromatic nitrogens is 3. The van der Waals surface area contributed by atoms with Crippen LogP contribution in [0.25, 0.3) is 10.2 Å². The molecule has 0 unspecified atom stereocenters. The molecule has 0 radical (unpaired) electrons. The molecule has 0 fully saturated rings. The Labute approximate surface area is 121 Å². The highest BCUT2D eigenvalue weighted by atomic mass is 35.5. The zero-order chi connectivity index (χ0) is 12.5. The van der Waals surface area contributed by atoms with Gasteiger partial charge in [-0.1, -0.05) is 23.7 Å². The number of thiazole rings is 1. The lowest BCUT2D eigenvalue weighted by Crippen LogP contribution is -1.85. The summed E-state index contributed by atoms with van der Waals surface area (Å²) < 4.78 is 2.02. The third-order valence-corrected chi connectivity index (χ3v) is 4.81. The van der Waals surface area contributed by atoms with Crippen LogP contribution in [-0.2, 0) is 0 Å². The minimum absolute atomic E-state index is 0.183. The first-order valence-electron chi connectivity index (χ1n) is 4.94. The molecule has 2 heterocycles. The van der Waals surface area contributed by atoms with Crippen molar-refractivity contribution in [2.75, 3.05) is 0 Å². The molecule has 7 heteroatoms. The van der Waals surface area contributed by atoms with Gasteiger partial charge in [0.2, 0.25) is 5.28 Å². The lowest BCUT2D eigenvalue weighted by molar-refractivity contribution is 1.05. The van der Waals surface area contributed by atoms with Gasteiger partial charge in [-0.25, -0.2) is 15.0 Å². The fraction of sp³-hybridized carbons (Fsp3) is 0. The van der Waals surface area contributed by atoms with Crippen molar-refractivity contribution in [1.82, 2.24) is 15.0 Å². The summed E-state index contributed by atoms with van der Waals surface area (Å²) >= 11 is 14.8. The quantitative estimate of drug-likeness (QED) is 0.514. The summed E-state index contributed by atoms with van der Waals surface area (Å²) in [6.07, 6.45) is 1.49. The molecule has 0 N–H and O–H groups in total. The Morgan fingerprint density at radius 3 is 2.78 bits per heavy atom. The van der Waals surface area contributed by atoms with Gasteiger partial charge >= 0.3 is 0 Å². The van der Waals surface area contributed by atoms with Gasteiger partial charge in [-0.15, -0.1) is 11.3 Å². The monoisotopic (exact) mass is 313 g/mol. The summed E-state index contributed by atoms with van der Waals surface area (Å²) in [7, 11) is 0. The van der Waals surface area contributed by atoms with Crippen LogP contribution in [0.15, 0.2) is 39.8 Å². The van der Waals surface area contributed by atoms with E-state index in [1.54, 1.807) is 11.3 Å². The van der Waals surface area contributed by atoms with Crippen molar-refractivity contribution in [3.05, 3.63) is 40.8 Å². The van der Waals surface area contributed by atoms with E-state index in [-0.39, 0.29) is 5.28 Å². The van der Waals surface area contributed by atoms with Gasteiger partial charge in [0, 0.05) is 0 Å². The third kappa shape index (κ3) is 2.44. The van der Waals surface area contributed by atoms with Crippen molar-refractivity contribution in [2.45, 2.75) is 9.37 Å². The zero-order valence-corrected chi connectivity index (χ0v) is 11.9. The maximum absolute atomic E-state index is 6.02. The maximum atomic E-state index is 6.02. The highest BCUT2D eigenvalue weighted by molar-refractivity contribution is 8.01. The standard InChI is InChI=1S/C11H5Cl2N3S2/c12-6-5-14-10(13)16-9(6)18-11-15-7-3-1-2-4-8(7)17-11/h1-5H. The molecule has 0 aliphatic rings. The minimum atomic E-state index is 0.183. The van der Waals surface area contributed by atoms with Crippen molar-refractivity contribution >= 4 is 56.5 Å². The van der Waals surface area contributed by atoms with Gasteiger partial charge in [0.1, 0.15) is 5.03 Å². The summed E-state index contributed by atoms with van der Waals surface area (Å²) in [6.45, 7) is 0. The second-order valence-corrected chi connectivity index (χ2v) is 6.35. The number of hydrogen-bond donors (Lipinski definition) is 0. The summed E-state index contributed by atoms with van der Waals surface area (Å²) in [4.78, 5) is 12.4. The Morgan fingerprint density at radius 2 is 1.94 bits per heavy atom. The molecule has 1 aromatic carbocycles. The Balaban J connectivity index is 1.98. The number of benzene rings is 1. The first kappa shape index (κ1) is 12.2. The molecule has 2 aromatic heterocycles. The Hall–Kier alpha value is -0.880. The van der Waals surface area contributed by atoms with Crippen molar-refractivity contribution in [1.29, 1.82) is 0 Å². The molecule has 0 aliphatic heterocycles. The Bertz CT molecular complexity index is 681. The first-order valence-corrected chi connectivity index (χ1v) is 7.33. The van der Waals surface area contributed by atoms with E-state index < -0.39 is 0 Å². The van der Waals surface area contributed by atoms with Crippen LogP contribution in [0.5, 0.6) is 0 Å². The van der Waals surface area contributed by atoms with E-state index in [4.69, 9.17) is 23.2 Å². The van der Waals surface area contributed by atoms with Crippen LogP contribution < -0.4 is 0 Å². The highest BCUT2D eigenvalue weighted by Crippen LogP contribution is 2.36. The van der Waals surface area contributed by atoms with Crippen molar-refractivity contribution in [3.8, 4) is 0 Å². The van der Waals surface area contributed by atoms with E-state index in [2.05, 4.69) is 15.0 Å². The van der Waals surface area contributed by atoms with Gasteiger partial charge in [0.25, 0.3) is 0 Å². The van der Waals surface area contributed by atoms with Gasteiger partial charge in [-0.05, 0) is 35.5 Å². The average Bonchev–Trinajstić information content (AvgIpc) is 2.76. The summed E-state index contributed by atoms with van der Waals surface area (Å²) in [5.74, 6) is 0. The molecular weight excluding hydrogens is 309 g/mol. The number of rotatable bonds is 2.